The maximum atomic E-state index is 9.59. The molecular formula is C14H14N4O2. The molecule has 0 saturated carbocycles. The zero-order valence-corrected chi connectivity index (χ0v) is 10.6. The minimum atomic E-state index is -1.46. The maximum Gasteiger partial charge on any atom is 0.214 e. The normalized spacial score (nSPS) is 14.7. The van der Waals surface area contributed by atoms with Crippen molar-refractivity contribution in [3.05, 3.63) is 60.7 Å². The lowest BCUT2D eigenvalue weighted by molar-refractivity contribution is 0.0231. The minimum absolute atomic E-state index is 0.582. The molecule has 20 heavy (non-hydrogen) atoms. The molecule has 2 atom stereocenters. The van der Waals surface area contributed by atoms with E-state index in [1.807, 2.05) is 12.1 Å². The maximum absolute atomic E-state index is 9.59. The number of nitrogens with zero attached hydrogens (tertiary/aromatic N) is 4. The predicted molar refractivity (Wildman–Crippen MR) is 73.9 cm³/mol. The third kappa shape index (κ3) is 4.34. The molecular weight excluding hydrogens is 256 g/mol. The number of hydrogen-bond donors (Lipinski definition) is 2. The van der Waals surface area contributed by atoms with Gasteiger partial charge in [-0.05, 0) is 24.3 Å². The van der Waals surface area contributed by atoms with Gasteiger partial charge in [0, 0.05) is 0 Å². The molecule has 2 aromatic carbocycles. The molecule has 0 radical (unpaired) electrons. The second-order valence-corrected chi connectivity index (χ2v) is 3.93. The van der Waals surface area contributed by atoms with E-state index in [1.54, 1.807) is 48.5 Å². The summed E-state index contributed by atoms with van der Waals surface area (Å²) in [7, 11) is 0. The van der Waals surface area contributed by atoms with Crippen LogP contribution in [-0.4, -0.2) is 22.7 Å². The van der Waals surface area contributed by atoms with Crippen LogP contribution in [0.25, 0.3) is 0 Å². The molecule has 0 aliphatic heterocycles. The Kier molecular flexibility index (Phi) is 5.05. The van der Waals surface area contributed by atoms with Crippen molar-refractivity contribution in [2.45, 2.75) is 12.5 Å². The van der Waals surface area contributed by atoms with Crippen LogP contribution < -0.4 is 0 Å². The highest BCUT2D eigenvalue weighted by molar-refractivity contribution is 5.35. The van der Waals surface area contributed by atoms with Gasteiger partial charge in [-0.3, -0.25) is 0 Å². The van der Waals surface area contributed by atoms with Crippen LogP contribution in [0.2, 0.25) is 0 Å². The average Bonchev–Trinajstić information content (AvgIpc) is 2.52. The molecule has 0 heterocycles. The Morgan fingerprint density at radius 1 is 0.600 bits per heavy atom. The zero-order chi connectivity index (χ0) is 14.2. The van der Waals surface area contributed by atoms with E-state index in [4.69, 9.17) is 0 Å². The van der Waals surface area contributed by atoms with Crippen molar-refractivity contribution < 1.29 is 10.2 Å². The summed E-state index contributed by atoms with van der Waals surface area (Å²) in [5.74, 6) is 0. The van der Waals surface area contributed by atoms with Gasteiger partial charge in [-0.2, -0.15) is 20.5 Å². The summed E-state index contributed by atoms with van der Waals surface area (Å²) in [5.41, 5.74) is 1.16. The van der Waals surface area contributed by atoms with Crippen molar-refractivity contribution in [2.75, 3.05) is 0 Å². The van der Waals surface area contributed by atoms with E-state index >= 15 is 0 Å². The Hall–Kier alpha value is -2.44. The standard InChI is InChI=1S/C14H14N4O2/c19-13(17-15-11-7-3-1-4-8-11)14(20)18-16-12-9-5-2-6-10-12/h1-10,13-14,19-20H/t13-,14+. The number of aliphatic hydroxyl groups excluding tert-OH is 2. The highest BCUT2D eigenvalue weighted by atomic mass is 16.4. The summed E-state index contributed by atoms with van der Waals surface area (Å²) in [6.45, 7) is 0. The monoisotopic (exact) mass is 270 g/mol. The van der Waals surface area contributed by atoms with Gasteiger partial charge in [0.05, 0.1) is 11.4 Å². The lowest BCUT2D eigenvalue weighted by Crippen LogP contribution is -2.20. The molecule has 2 aromatic rings. The van der Waals surface area contributed by atoms with Crippen LogP contribution in [0.15, 0.2) is 81.1 Å². The number of aliphatic hydroxyl groups is 2. The van der Waals surface area contributed by atoms with Gasteiger partial charge < -0.3 is 10.2 Å². The third-order valence-electron chi connectivity index (χ3n) is 2.36. The SMILES string of the molecule is O[C@H](N=Nc1ccccc1)[C@@H](O)N=Nc1ccccc1. The van der Waals surface area contributed by atoms with E-state index in [0.717, 1.165) is 0 Å². The predicted octanol–water partition coefficient (Wildman–Crippen LogP) is 3.19. The Bertz CT molecular complexity index is 519. The van der Waals surface area contributed by atoms with Gasteiger partial charge in [-0.1, -0.05) is 36.4 Å². The highest BCUT2D eigenvalue weighted by Crippen LogP contribution is 2.14. The van der Waals surface area contributed by atoms with Gasteiger partial charge in [-0.15, -0.1) is 0 Å². The molecule has 2 rings (SSSR count). The van der Waals surface area contributed by atoms with Crippen LogP contribution >= 0.6 is 0 Å². The molecule has 6 nitrogen and oxygen atoms in total. The van der Waals surface area contributed by atoms with E-state index in [-0.39, 0.29) is 0 Å². The van der Waals surface area contributed by atoms with Crippen LogP contribution in [0.5, 0.6) is 0 Å². The summed E-state index contributed by atoms with van der Waals surface area (Å²) in [6.07, 6.45) is -2.91. The smallest absolute Gasteiger partial charge is 0.214 e. The second kappa shape index (κ2) is 7.22. The van der Waals surface area contributed by atoms with Crippen LogP contribution in [0.3, 0.4) is 0 Å². The summed E-state index contributed by atoms with van der Waals surface area (Å²) in [6, 6.07) is 17.8. The molecule has 0 aliphatic carbocycles. The Labute approximate surface area is 116 Å². The Balaban J connectivity index is 1.94. The van der Waals surface area contributed by atoms with E-state index in [0.29, 0.717) is 11.4 Å². The van der Waals surface area contributed by atoms with Gasteiger partial charge >= 0.3 is 0 Å². The fourth-order valence-corrected chi connectivity index (χ4v) is 1.36. The van der Waals surface area contributed by atoms with Crippen LogP contribution in [0, 0.1) is 0 Å². The van der Waals surface area contributed by atoms with Crippen molar-refractivity contribution >= 4 is 11.4 Å². The molecule has 102 valence electrons. The first-order valence-corrected chi connectivity index (χ1v) is 6.03. The molecule has 0 saturated heterocycles. The third-order valence-corrected chi connectivity index (χ3v) is 2.36. The second-order valence-electron chi connectivity index (χ2n) is 3.93. The van der Waals surface area contributed by atoms with Gasteiger partial charge in [0.2, 0.25) is 12.5 Å². The quantitative estimate of drug-likeness (QED) is 0.817. The van der Waals surface area contributed by atoms with Crippen molar-refractivity contribution in [1.82, 2.24) is 0 Å². The molecule has 0 aliphatic rings. The first-order chi connectivity index (χ1) is 9.75. The summed E-state index contributed by atoms with van der Waals surface area (Å²) >= 11 is 0. The zero-order valence-electron chi connectivity index (χ0n) is 10.6. The van der Waals surface area contributed by atoms with Gasteiger partial charge in [-0.25, -0.2) is 0 Å². The summed E-state index contributed by atoms with van der Waals surface area (Å²) in [5, 5.41) is 33.9. The summed E-state index contributed by atoms with van der Waals surface area (Å²) in [4.78, 5) is 0. The fourth-order valence-electron chi connectivity index (χ4n) is 1.36. The largest absolute Gasteiger partial charge is 0.367 e. The summed E-state index contributed by atoms with van der Waals surface area (Å²) < 4.78 is 0. The molecule has 0 unspecified atom stereocenters. The molecule has 0 bridgehead atoms. The van der Waals surface area contributed by atoms with E-state index in [2.05, 4.69) is 20.5 Å². The Morgan fingerprint density at radius 3 is 1.30 bits per heavy atom. The molecule has 2 N–H and O–H groups in total. The molecule has 0 spiro atoms. The average molecular weight is 270 g/mol. The van der Waals surface area contributed by atoms with E-state index in [1.165, 1.54) is 0 Å². The number of hydrogen-bond acceptors (Lipinski definition) is 6. The van der Waals surface area contributed by atoms with Gasteiger partial charge in [0.15, 0.2) is 0 Å². The topological polar surface area (TPSA) is 89.9 Å². The number of benzene rings is 2. The highest BCUT2D eigenvalue weighted by Gasteiger charge is 2.14. The minimum Gasteiger partial charge on any atom is -0.367 e. The molecule has 0 fully saturated rings. The van der Waals surface area contributed by atoms with Crippen molar-refractivity contribution in [3.63, 3.8) is 0 Å². The molecule has 0 aromatic heterocycles. The van der Waals surface area contributed by atoms with Crippen molar-refractivity contribution in [1.29, 1.82) is 0 Å². The van der Waals surface area contributed by atoms with Crippen LogP contribution in [-0.2, 0) is 0 Å². The van der Waals surface area contributed by atoms with E-state index in [9.17, 15) is 10.2 Å². The molecule has 0 amide bonds. The lowest BCUT2D eigenvalue weighted by Gasteiger charge is -2.06. The Morgan fingerprint density at radius 2 is 0.950 bits per heavy atom. The first kappa shape index (κ1) is 14.0. The number of azo groups is 2. The molecule has 6 heteroatoms. The van der Waals surface area contributed by atoms with Crippen LogP contribution in [0.4, 0.5) is 11.4 Å². The fraction of sp³-hybridized carbons (Fsp3) is 0.143. The van der Waals surface area contributed by atoms with Crippen molar-refractivity contribution in [2.24, 2.45) is 20.5 Å². The first-order valence-electron chi connectivity index (χ1n) is 6.03. The van der Waals surface area contributed by atoms with Crippen molar-refractivity contribution in [3.8, 4) is 0 Å². The van der Waals surface area contributed by atoms with Gasteiger partial charge in [0.25, 0.3) is 0 Å². The van der Waals surface area contributed by atoms with Gasteiger partial charge in [0.1, 0.15) is 0 Å². The van der Waals surface area contributed by atoms with Crippen LogP contribution in [0.1, 0.15) is 0 Å². The number of rotatable bonds is 5. The lowest BCUT2D eigenvalue weighted by atomic mass is 10.3. The van der Waals surface area contributed by atoms with E-state index < -0.39 is 12.5 Å².